The van der Waals surface area contributed by atoms with Crippen LogP contribution in [0.25, 0.3) is 0 Å². The van der Waals surface area contributed by atoms with E-state index in [0.29, 0.717) is 31.5 Å². The van der Waals surface area contributed by atoms with Gasteiger partial charge in [-0.2, -0.15) is 0 Å². The molecule has 0 aliphatic carbocycles. The van der Waals surface area contributed by atoms with Crippen LogP contribution in [0, 0.1) is 0 Å². The Bertz CT molecular complexity index is 502. The number of fused-ring (bicyclic) bond motifs is 2. The zero-order chi connectivity index (χ0) is 15.6. The van der Waals surface area contributed by atoms with Crippen molar-refractivity contribution in [3.8, 4) is 0 Å². The molecule has 0 aromatic heterocycles. The maximum absolute atomic E-state index is 12.3. The molecule has 2 saturated heterocycles. The molecule has 2 aliphatic rings. The summed E-state index contributed by atoms with van der Waals surface area (Å²) in [5.74, 6) is -0.425. The monoisotopic (exact) mass is 303 g/mol. The van der Waals surface area contributed by atoms with Gasteiger partial charge < -0.3 is 14.7 Å². The predicted octanol–water partition coefficient (Wildman–Crippen LogP) is 2.15. The predicted molar refractivity (Wildman–Crippen MR) is 84.5 cm³/mol. The number of esters is 1. The summed E-state index contributed by atoms with van der Waals surface area (Å²) < 4.78 is 5.36. The molecule has 3 atom stereocenters. The minimum absolute atomic E-state index is 0.320. The van der Waals surface area contributed by atoms with E-state index in [1.54, 1.807) is 0 Å². The van der Waals surface area contributed by atoms with E-state index in [0.717, 1.165) is 25.7 Å². The van der Waals surface area contributed by atoms with Gasteiger partial charge in [-0.15, -0.1) is 0 Å². The van der Waals surface area contributed by atoms with Crippen molar-refractivity contribution in [1.82, 2.24) is 4.90 Å². The number of carbonyl (C=O) groups excluding carboxylic acids is 1. The number of aliphatic hydroxyl groups is 1. The molecule has 0 amide bonds. The molecule has 2 aliphatic heterocycles. The van der Waals surface area contributed by atoms with Crippen molar-refractivity contribution in [2.45, 2.75) is 56.2 Å². The summed E-state index contributed by atoms with van der Waals surface area (Å²) in [4.78, 5) is 14.6. The van der Waals surface area contributed by atoms with Crippen LogP contribution in [-0.4, -0.2) is 47.3 Å². The summed E-state index contributed by atoms with van der Waals surface area (Å²) >= 11 is 0. The second kappa shape index (κ2) is 6.39. The maximum Gasteiger partial charge on any atom is 0.338 e. The number of ether oxygens (including phenoxy) is 1. The van der Waals surface area contributed by atoms with Crippen molar-refractivity contribution in [2.75, 3.05) is 13.7 Å². The quantitative estimate of drug-likeness (QED) is 0.669. The third kappa shape index (κ3) is 3.18. The molecule has 0 spiro atoms. The first kappa shape index (κ1) is 15.5. The number of hydrogen-bond donors (Lipinski definition) is 1. The SMILES string of the molecule is CN1[C@@H]2CC[C@H]1CC(O)(C(=O)OCCCc1ccccc1)C2. The van der Waals surface area contributed by atoms with Gasteiger partial charge in [0.15, 0.2) is 5.60 Å². The zero-order valence-corrected chi connectivity index (χ0v) is 13.2. The summed E-state index contributed by atoms with van der Waals surface area (Å²) in [6.45, 7) is 0.376. The molecule has 0 radical (unpaired) electrons. The number of carbonyl (C=O) groups is 1. The molecule has 1 N–H and O–H groups in total. The van der Waals surface area contributed by atoms with Gasteiger partial charge in [-0.1, -0.05) is 30.3 Å². The van der Waals surface area contributed by atoms with Gasteiger partial charge in [-0.3, -0.25) is 0 Å². The van der Waals surface area contributed by atoms with Gasteiger partial charge in [0.1, 0.15) is 0 Å². The Morgan fingerprint density at radius 1 is 1.27 bits per heavy atom. The van der Waals surface area contributed by atoms with E-state index < -0.39 is 11.6 Å². The van der Waals surface area contributed by atoms with E-state index in [2.05, 4.69) is 24.1 Å². The van der Waals surface area contributed by atoms with Crippen molar-refractivity contribution >= 4 is 5.97 Å². The lowest BCUT2D eigenvalue weighted by atomic mass is 9.86. The lowest BCUT2D eigenvalue weighted by Crippen LogP contribution is -2.54. The third-order valence-corrected chi connectivity index (χ3v) is 5.20. The maximum atomic E-state index is 12.3. The molecule has 1 aromatic carbocycles. The highest BCUT2D eigenvalue weighted by Crippen LogP contribution is 2.40. The second-order valence-corrected chi connectivity index (χ2v) is 6.72. The van der Waals surface area contributed by atoms with Crippen LogP contribution < -0.4 is 0 Å². The van der Waals surface area contributed by atoms with Crippen LogP contribution in [0.15, 0.2) is 30.3 Å². The molecule has 1 aromatic rings. The van der Waals surface area contributed by atoms with Gasteiger partial charge in [-0.05, 0) is 38.3 Å². The zero-order valence-electron chi connectivity index (χ0n) is 13.2. The number of benzene rings is 1. The van der Waals surface area contributed by atoms with Gasteiger partial charge in [0, 0.05) is 24.9 Å². The largest absolute Gasteiger partial charge is 0.464 e. The molecule has 2 bridgehead atoms. The Kier molecular flexibility index (Phi) is 4.50. The van der Waals surface area contributed by atoms with E-state index in [1.165, 1.54) is 5.56 Å². The number of rotatable bonds is 5. The highest BCUT2D eigenvalue weighted by molar-refractivity contribution is 5.79. The minimum Gasteiger partial charge on any atom is -0.464 e. The van der Waals surface area contributed by atoms with Gasteiger partial charge in [0.2, 0.25) is 0 Å². The Balaban J connectivity index is 1.46. The van der Waals surface area contributed by atoms with Crippen molar-refractivity contribution in [2.24, 2.45) is 0 Å². The fourth-order valence-electron chi connectivity index (χ4n) is 3.83. The average Bonchev–Trinajstić information content (AvgIpc) is 2.75. The number of piperidine rings is 1. The fraction of sp³-hybridized carbons (Fsp3) is 0.611. The highest BCUT2D eigenvalue weighted by Gasteiger charge is 2.50. The first-order valence-electron chi connectivity index (χ1n) is 8.24. The standard InChI is InChI=1S/C18H25NO3/c1-19-15-9-10-16(19)13-18(21,12-15)17(20)22-11-5-8-14-6-3-2-4-7-14/h2-4,6-7,15-16,21H,5,8-13H2,1H3/t15-,16+,18?. The van der Waals surface area contributed by atoms with Crippen LogP contribution in [0.5, 0.6) is 0 Å². The molecule has 3 rings (SSSR count). The number of hydrogen-bond acceptors (Lipinski definition) is 4. The van der Waals surface area contributed by atoms with Crippen LogP contribution in [0.1, 0.15) is 37.7 Å². The number of nitrogens with zero attached hydrogens (tertiary/aromatic N) is 1. The van der Waals surface area contributed by atoms with E-state index in [-0.39, 0.29) is 0 Å². The molecular weight excluding hydrogens is 278 g/mol. The highest BCUT2D eigenvalue weighted by atomic mass is 16.5. The van der Waals surface area contributed by atoms with Crippen molar-refractivity contribution in [3.05, 3.63) is 35.9 Å². The van der Waals surface area contributed by atoms with Gasteiger partial charge >= 0.3 is 5.97 Å². The van der Waals surface area contributed by atoms with Crippen molar-refractivity contribution in [1.29, 1.82) is 0 Å². The lowest BCUT2D eigenvalue weighted by molar-refractivity contribution is -0.173. The van der Waals surface area contributed by atoms with Crippen LogP contribution in [0.3, 0.4) is 0 Å². The third-order valence-electron chi connectivity index (χ3n) is 5.20. The van der Waals surface area contributed by atoms with Gasteiger partial charge in [0.25, 0.3) is 0 Å². The lowest BCUT2D eigenvalue weighted by Gasteiger charge is -2.40. The van der Waals surface area contributed by atoms with Crippen LogP contribution in [0.4, 0.5) is 0 Å². The summed E-state index contributed by atoms with van der Waals surface area (Å²) in [5, 5.41) is 10.7. The van der Waals surface area contributed by atoms with Crippen LogP contribution in [-0.2, 0) is 16.0 Å². The second-order valence-electron chi connectivity index (χ2n) is 6.72. The Hall–Kier alpha value is -1.39. The molecule has 1 unspecified atom stereocenters. The van der Waals surface area contributed by atoms with Crippen molar-refractivity contribution < 1.29 is 14.6 Å². The summed E-state index contributed by atoms with van der Waals surface area (Å²) in [7, 11) is 2.09. The smallest absolute Gasteiger partial charge is 0.338 e. The van der Waals surface area contributed by atoms with E-state index >= 15 is 0 Å². The summed E-state index contributed by atoms with van der Waals surface area (Å²) in [5.41, 5.74) is -0.0277. The van der Waals surface area contributed by atoms with E-state index in [4.69, 9.17) is 4.74 Å². The van der Waals surface area contributed by atoms with Crippen molar-refractivity contribution in [3.63, 3.8) is 0 Å². The first-order valence-corrected chi connectivity index (χ1v) is 8.24. The van der Waals surface area contributed by atoms with Crippen LogP contribution in [0.2, 0.25) is 0 Å². The van der Waals surface area contributed by atoms with Crippen LogP contribution >= 0.6 is 0 Å². The average molecular weight is 303 g/mol. The molecular formula is C18H25NO3. The molecule has 120 valence electrons. The van der Waals surface area contributed by atoms with E-state index in [9.17, 15) is 9.90 Å². The molecule has 22 heavy (non-hydrogen) atoms. The number of aryl methyl sites for hydroxylation is 1. The topological polar surface area (TPSA) is 49.8 Å². The normalized spacial score (nSPS) is 31.2. The summed E-state index contributed by atoms with van der Waals surface area (Å²) in [6, 6.07) is 10.8. The van der Waals surface area contributed by atoms with Gasteiger partial charge in [-0.25, -0.2) is 4.79 Å². The van der Waals surface area contributed by atoms with E-state index in [1.807, 2.05) is 18.2 Å². The molecule has 2 fully saturated rings. The molecule has 0 saturated carbocycles. The fourth-order valence-corrected chi connectivity index (χ4v) is 3.83. The summed E-state index contributed by atoms with van der Waals surface area (Å²) in [6.07, 6.45) is 4.85. The molecule has 2 heterocycles. The Morgan fingerprint density at radius 2 is 1.91 bits per heavy atom. The minimum atomic E-state index is -1.27. The molecule has 4 heteroatoms. The molecule has 4 nitrogen and oxygen atoms in total. The Morgan fingerprint density at radius 3 is 2.55 bits per heavy atom. The first-order chi connectivity index (χ1) is 10.6. The Labute approximate surface area is 132 Å². The van der Waals surface area contributed by atoms with Gasteiger partial charge in [0.05, 0.1) is 6.61 Å².